The van der Waals surface area contributed by atoms with Gasteiger partial charge in [0.25, 0.3) is 0 Å². The van der Waals surface area contributed by atoms with Crippen LogP contribution in [0.25, 0.3) is 0 Å². The highest BCUT2D eigenvalue weighted by molar-refractivity contribution is 5.57. The van der Waals surface area contributed by atoms with Gasteiger partial charge in [0.2, 0.25) is 5.95 Å². The van der Waals surface area contributed by atoms with Crippen molar-refractivity contribution < 1.29 is 9.47 Å². The second-order valence-electron chi connectivity index (χ2n) is 6.04. The summed E-state index contributed by atoms with van der Waals surface area (Å²) in [6, 6.07) is 19.5. The van der Waals surface area contributed by atoms with E-state index in [9.17, 15) is 0 Å². The van der Waals surface area contributed by atoms with Gasteiger partial charge in [-0.15, -0.1) is 0 Å². The Morgan fingerprint density at radius 2 is 1.67 bits per heavy atom. The van der Waals surface area contributed by atoms with Crippen molar-refractivity contribution in [3.05, 3.63) is 66.4 Å². The van der Waals surface area contributed by atoms with E-state index < -0.39 is 0 Å². The number of hydrogen-bond donors (Lipinski definition) is 1. The number of aryl methyl sites for hydroxylation is 1. The fourth-order valence-electron chi connectivity index (χ4n) is 2.58. The molecule has 0 saturated carbocycles. The van der Waals surface area contributed by atoms with Gasteiger partial charge < -0.3 is 19.7 Å². The van der Waals surface area contributed by atoms with Crippen LogP contribution < -0.4 is 19.7 Å². The molecule has 6 nitrogen and oxygen atoms in total. The Labute approximate surface area is 159 Å². The number of anilines is 3. The molecule has 1 N–H and O–H groups in total. The van der Waals surface area contributed by atoms with Gasteiger partial charge in [-0.05, 0) is 43.3 Å². The molecule has 0 saturated heterocycles. The van der Waals surface area contributed by atoms with Crippen LogP contribution in [-0.2, 0) is 0 Å². The molecule has 0 radical (unpaired) electrons. The molecule has 0 amide bonds. The average molecular weight is 364 g/mol. The molecule has 0 aliphatic rings. The number of aromatic nitrogens is 2. The second-order valence-corrected chi connectivity index (χ2v) is 6.04. The van der Waals surface area contributed by atoms with Crippen LogP contribution in [-0.4, -0.2) is 37.3 Å². The predicted octanol–water partition coefficient (Wildman–Crippen LogP) is 4.05. The van der Waals surface area contributed by atoms with Gasteiger partial charge in [0, 0.05) is 24.5 Å². The Kier molecular flexibility index (Phi) is 6.10. The van der Waals surface area contributed by atoms with Crippen molar-refractivity contribution in [3.63, 3.8) is 0 Å². The van der Waals surface area contributed by atoms with E-state index in [4.69, 9.17) is 9.47 Å². The number of nitrogens with one attached hydrogen (secondary N) is 1. The smallest absolute Gasteiger partial charge is 0.231 e. The average Bonchev–Trinajstić information content (AvgIpc) is 2.71. The third-order valence-corrected chi connectivity index (χ3v) is 4.02. The molecule has 1 heterocycles. The molecular formula is C21H24N4O2. The molecule has 0 aliphatic carbocycles. The van der Waals surface area contributed by atoms with Gasteiger partial charge in [0.1, 0.15) is 23.9 Å². The molecular weight excluding hydrogens is 340 g/mol. The topological polar surface area (TPSA) is 59.5 Å². The number of rotatable bonds is 8. The van der Waals surface area contributed by atoms with Crippen LogP contribution in [0.2, 0.25) is 0 Å². The minimum absolute atomic E-state index is 0.527. The molecule has 0 spiro atoms. The van der Waals surface area contributed by atoms with E-state index in [2.05, 4.69) is 15.3 Å². The highest BCUT2D eigenvalue weighted by atomic mass is 16.5. The summed E-state index contributed by atoms with van der Waals surface area (Å²) in [5.74, 6) is 3.05. The van der Waals surface area contributed by atoms with Crippen molar-refractivity contribution in [2.45, 2.75) is 6.92 Å². The molecule has 2 aromatic carbocycles. The number of para-hydroxylation sites is 1. The predicted molar refractivity (Wildman–Crippen MR) is 108 cm³/mol. The summed E-state index contributed by atoms with van der Waals surface area (Å²) < 4.78 is 10.9. The molecule has 27 heavy (non-hydrogen) atoms. The summed E-state index contributed by atoms with van der Waals surface area (Å²) in [4.78, 5) is 11.1. The highest BCUT2D eigenvalue weighted by Gasteiger charge is 2.09. The lowest BCUT2D eigenvalue weighted by Gasteiger charge is -2.18. The van der Waals surface area contributed by atoms with Crippen LogP contribution >= 0.6 is 0 Å². The van der Waals surface area contributed by atoms with Gasteiger partial charge in [-0.2, -0.15) is 4.98 Å². The first kappa shape index (κ1) is 18.5. The summed E-state index contributed by atoms with van der Waals surface area (Å²) >= 11 is 0. The molecule has 0 fully saturated rings. The molecule has 6 heteroatoms. The minimum Gasteiger partial charge on any atom is -0.497 e. The summed E-state index contributed by atoms with van der Waals surface area (Å²) in [6.07, 6.45) is 0. The number of ether oxygens (including phenoxy) is 2. The molecule has 0 atom stereocenters. The fraction of sp³-hybridized carbons (Fsp3) is 0.238. The van der Waals surface area contributed by atoms with E-state index in [1.54, 1.807) is 7.11 Å². The molecule has 0 aliphatic heterocycles. The van der Waals surface area contributed by atoms with Crippen molar-refractivity contribution in [1.82, 2.24) is 9.97 Å². The number of methoxy groups -OCH3 is 1. The van der Waals surface area contributed by atoms with Crippen LogP contribution in [0.5, 0.6) is 11.5 Å². The first-order valence-electron chi connectivity index (χ1n) is 8.81. The zero-order chi connectivity index (χ0) is 19.1. The number of benzene rings is 2. The first-order chi connectivity index (χ1) is 13.2. The second kappa shape index (κ2) is 8.89. The Morgan fingerprint density at radius 1 is 0.963 bits per heavy atom. The molecule has 1 aromatic heterocycles. The van der Waals surface area contributed by atoms with Crippen LogP contribution in [0.3, 0.4) is 0 Å². The monoisotopic (exact) mass is 364 g/mol. The van der Waals surface area contributed by atoms with Crippen LogP contribution in [0.15, 0.2) is 60.7 Å². The highest BCUT2D eigenvalue weighted by Crippen LogP contribution is 2.21. The normalized spacial score (nSPS) is 10.3. The fourth-order valence-corrected chi connectivity index (χ4v) is 2.58. The van der Waals surface area contributed by atoms with E-state index in [1.165, 1.54) is 0 Å². The van der Waals surface area contributed by atoms with Gasteiger partial charge in [0.15, 0.2) is 0 Å². The van der Waals surface area contributed by atoms with Crippen molar-refractivity contribution in [2.75, 3.05) is 37.5 Å². The third-order valence-electron chi connectivity index (χ3n) is 4.02. The lowest BCUT2D eigenvalue weighted by molar-refractivity contribution is 0.331. The molecule has 0 bridgehead atoms. The zero-order valence-corrected chi connectivity index (χ0v) is 15.8. The van der Waals surface area contributed by atoms with Crippen molar-refractivity contribution in [2.24, 2.45) is 0 Å². The van der Waals surface area contributed by atoms with Gasteiger partial charge >= 0.3 is 0 Å². The molecule has 0 unspecified atom stereocenters. The summed E-state index contributed by atoms with van der Waals surface area (Å²) in [5.41, 5.74) is 1.94. The quantitative estimate of drug-likeness (QED) is 0.609. The molecule has 3 rings (SSSR count). The van der Waals surface area contributed by atoms with E-state index in [-0.39, 0.29) is 0 Å². The van der Waals surface area contributed by atoms with E-state index in [0.29, 0.717) is 19.1 Å². The maximum atomic E-state index is 5.73. The van der Waals surface area contributed by atoms with Crippen molar-refractivity contribution in [1.29, 1.82) is 0 Å². The van der Waals surface area contributed by atoms with E-state index >= 15 is 0 Å². The lowest BCUT2D eigenvalue weighted by Crippen LogP contribution is -2.16. The van der Waals surface area contributed by atoms with E-state index in [0.717, 1.165) is 28.7 Å². The van der Waals surface area contributed by atoms with Gasteiger partial charge in [0.05, 0.1) is 13.7 Å². The summed E-state index contributed by atoms with van der Waals surface area (Å²) in [5, 5.41) is 3.30. The van der Waals surface area contributed by atoms with Gasteiger partial charge in [-0.1, -0.05) is 18.2 Å². The van der Waals surface area contributed by atoms with Crippen LogP contribution in [0, 0.1) is 6.92 Å². The van der Waals surface area contributed by atoms with Crippen molar-refractivity contribution in [3.8, 4) is 11.5 Å². The Bertz CT molecular complexity index is 854. The summed E-state index contributed by atoms with van der Waals surface area (Å²) in [7, 11) is 3.60. The van der Waals surface area contributed by atoms with Gasteiger partial charge in [-0.25, -0.2) is 4.98 Å². The number of nitrogens with zero attached hydrogens (tertiary/aromatic N) is 3. The maximum Gasteiger partial charge on any atom is 0.231 e. The Hall–Kier alpha value is -3.28. The number of hydrogen-bond acceptors (Lipinski definition) is 6. The Balaban J connectivity index is 1.57. The Morgan fingerprint density at radius 3 is 2.37 bits per heavy atom. The maximum absolute atomic E-state index is 5.73. The van der Waals surface area contributed by atoms with Gasteiger partial charge in [-0.3, -0.25) is 0 Å². The first-order valence-corrected chi connectivity index (χ1v) is 8.81. The van der Waals surface area contributed by atoms with Crippen LogP contribution in [0.4, 0.5) is 17.5 Å². The molecule has 140 valence electrons. The zero-order valence-electron chi connectivity index (χ0n) is 15.8. The van der Waals surface area contributed by atoms with Crippen molar-refractivity contribution >= 4 is 17.5 Å². The third kappa shape index (κ3) is 5.10. The lowest BCUT2D eigenvalue weighted by atomic mass is 10.3. The SMILES string of the molecule is COc1ccc(OCCNc2cc(C)nc(N(C)c3ccccc3)n2)cc1. The van der Waals surface area contributed by atoms with Crippen LogP contribution in [0.1, 0.15) is 5.69 Å². The van der Waals surface area contributed by atoms with E-state index in [1.807, 2.05) is 79.5 Å². The summed E-state index contributed by atoms with van der Waals surface area (Å²) in [6.45, 7) is 3.12. The standard InChI is InChI=1S/C21H24N4O2/c1-16-15-20(22-13-14-27-19-11-9-18(26-3)10-12-19)24-21(23-16)25(2)17-7-5-4-6-8-17/h4-12,15H,13-14H2,1-3H3,(H,22,23,24). The minimum atomic E-state index is 0.527. The molecule has 3 aromatic rings. The largest absolute Gasteiger partial charge is 0.497 e.